The van der Waals surface area contributed by atoms with Gasteiger partial charge in [0.1, 0.15) is 11.6 Å². The first kappa shape index (κ1) is 21.6. The number of likely N-dealkylation sites (N-methyl/N-ethyl adjacent to an activating group) is 1. The Bertz CT molecular complexity index is 879. The van der Waals surface area contributed by atoms with Crippen molar-refractivity contribution in [3.8, 4) is 5.75 Å². The minimum atomic E-state index is 0.146. The molecule has 0 unspecified atom stereocenters. The van der Waals surface area contributed by atoms with Crippen LogP contribution in [0.15, 0.2) is 42.6 Å². The van der Waals surface area contributed by atoms with Crippen LogP contribution in [0.2, 0.25) is 0 Å². The third-order valence-corrected chi connectivity index (χ3v) is 6.61. The number of amides is 1. The second-order valence-corrected chi connectivity index (χ2v) is 8.73. The predicted octanol–water partition coefficient (Wildman–Crippen LogP) is 3.47. The highest BCUT2D eigenvalue weighted by atomic mass is 16.5. The Morgan fingerprint density at radius 2 is 1.94 bits per heavy atom. The Hall–Kier alpha value is -2.60. The molecule has 1 aromatic heterocycles. The van der Waals surface area contributed by atoms with Gasteiger partial charge in [-0.05, 0) is 69.0 Å². The van der Waals surface area contributed by atoms with E-state index in [0.717, 1.165) is 75.5 Å². The number of rotatable bonds is 6. The van der Waals surface area contributed by atoms with Gasteiger partial charge in [0.15, 0.2) is 0 Å². The lowest BCUT2D eigenvalue weighted by molar-refractivity contribution is 0.0602. The van der Waals surface area contributed by atoms with E-state index >= 15 is 0 Å². The first-order valence-corrected chi connectivity index (χ1v) is 11.5. The van der Waals surface area contributed by atoms with Gasteiger partial charge in [-0.3, -0.25) is 4.79 Å². The molecule has 1 amide bonds. The van der Waals surface area contributed by atoms with E-state index < -0.39 is 0 Å². The Kier molecular flexibility index (Phi) is 7.07. The van der Waals surface area contributed by atoms with Gasteiger partial charge in [-0.15, -0.1) is 0 Å². The molecule has 166 valence electrons. The SMILES string of the molecule is COc1cccc(CC[C@@H]2CCCCN2C(=O)c2ccnc(N3CCN(C)CC3)c2)c1. The first-order chi connectivity index (χ1) is 15.1. The molecule has 0 radical (unpaired) electrons. The van der Waals surface area contributed by atoms with Crippen molar-refractivity contribution in [2.75, 3.05) is 51.8 Å². The number of aryl methyl sites for hydroxylation is 1. The van der Waals surface area contributed by atoms with Gasteiger partial charge in [-0.25, -0.2) is 4.98 Å². The van der Waals surface area contributed by atoms with Crippen LogP contribution in [0, 0.1) is 0 Å². The predicted molar refractivity (Wildman–Crippen MR) is 124 cm³/mol. The maximum atomic E-state index is 13.5. The molecular formula is C25H34N4O2. The third-order valence-electron chi connectivity index (χ3n) is 6.61. The molecular weight excluding hydrogens is 388 g/mol. The van der Waals surface area contributed by atoms with E-state index in [1.165, 1.54) is 12.0 Å². The highest BCUT2D eigenvalue weighted by Crippen LogP contribution is 2.25. The van der Waals surface area contributed by atoms with E-state index in [1.807, 2.05) is 24.3 Å². The quantitative estimate of drug-likeness (QED) is 0.713. The van der Waals surface area contributed by atoms with Crippen molar-refractivity contribution in [2.45, 2.75) is 38.1 Å². The molecule has 0 bridgehead atoms. The van der Waals surface area contributed by atoms with Gasteiger partial charge in [-0.1, -0.05) is 12.1 Å². The van der Waals surface area contributed by atoms with Crippen molar-refractivity contribution in [3.63, 3.8) is 0 Å². The topological polar surface area (TPSA) is 48.9 Å². The van der Waals surface area contributed by atoms with Crippen molar-refractivity contribution in [2.24, 2.45) is 0 Å². The molecule has 0 N–H and O–H groups in total. The summed E-state index contributed by atoms with van der Waals surface area (Å²) in [6.07, 6.45) is 7.07. The average Bonchev–Trinajstić information content (AvgIpc) is 2.83. The Labute approximate surface area is 185 Å². The van der Waals surface area contributed by atoms with E-state index in [-0.39, 0.29) is 11.9 Å². The van der Waals surface area contributed by atoms with Gasteiger partial charge in [0.05, 0.1) is 7.11 Å². The highest BCUT2D eigenvalue weighted by molar-refractivity contribution is 5.95. The van der Waals surface area contributed by atoms with Gasteiger partial charge in [0, 0.05) is 50.5 Å². The van der Waals surface area contributed by atoms with Crippen LogP contribution in [0.1, 0.15) is 41.6 Å². The molecule has 2 fully saturated rings. The Morgan fingerprint density at radius 1 is 1.10 bits per heavy atom. The van der Waals surface area contributed by atoms with E-state index in [0.29, 0.717) is 0 Å². The van der Waals surface area contributed by atoms with Gasteiger partial charge < -0.3 is 19.4 Å². The van der Waals surface area contributed by atoms with Crippen LogP contribution in [-0.2, 0) is 6.42 Å². The van der Waals surface area contributed by atoms with E-state index in [2.05, 4.69) is 38.9 Å². The number of likely N-dealkylation sites (tertiary alicyclic amines) is 1. The molecule has 4 rings (SSSR count). The number of anilines is 1. The summed E-state index contributed by atoms with van der Waals surface area (Å²) < 4.78 is 5.35. The van der Waals surface area contributed by atoms with Crippen LogP contribution in [0.3, 0.4) is 0 Å². The largest absolute Gasteiger partial charge is 0.497 e. The number of methoxy groups -OCH3 is 1. The first-order valence-electron chi connectivity index (χ1n) is 11.5. The Morgan fingerprint density at radius 3 is 2.74 bits per heavy atom. The fourth-order valence-electron chi connectivity index (χ4n) is 4.66. The number of aromatic nitrogens is 1. The molecule has 2 aliphatic heterocycles. The maximum absolute atomic E-state index is 13.5. The van der Waals surface area contributed by atoms with Crippen molar-refractivity contribution in [1.29, 1.82) is 0 Å². The van der Waals surface area contributed by atoms with Gasteiger partial charge in [0.25, 0.3) is 5.91 Å². The van der Waals surface area contributed by atoms with E-state index in [4.69, 9.17) is 4.74 Å². The van der Waals surface area contributed by atoms with E-state index in [1.54, 1.807) is 13.3 Å². The zero-order chi connectivity index (χ0) is 21.6. The number of carbonyl (C=O) groups excluding carboxylic acids is 1. The summed E-state index contributed by atoms with van der Waals surface area (Å²) in [7, 11) is 3.85. The Balaban J connectivity index is 1.44. The molecule has 6 heteroatoms. The summed E-state index contributed by atoms with van der Waals surface area (Å²) in [5.74, 6) is 1.96. The van der Waals surface area contributed by atoms with Crippen molar-refractivity contribution in [1.82, 2.24) is 14.8 Å². The molecule has 1 aromatic carbocycles. The fraction of sp³-hybridized carbons (Fsp3) is 0.520. The fourth-order valence-corrected chi connectivity index (χ4v) is 4.66. The molecule has 3 heterocycles. The standard InChI is InChI=1S/C25H34N4O2/c1-27-14-16-28(17-15-27)24-19-21(11-12-26-24)25(30)29-13-4-3-7-22(29)10-9-20-6-5-8-23(18-20)31-2/h5-6,8,11-12,18-19,22H,3-4,7,9-10,13-17H2,1-2H3/t22-/m0/s1. The van der Waals surface area contributed by atoms with Gasteiger partial charge >= 0.3 is 0 Å². The average molecular weight is 423 g/mol. The molecule has 6 nitrogen and oxygen atoms in total. The number of piperazine rings is 1. The number of piperidine rings is 1. The zero-order valence-electron chi connectivity index (χ0n) is 18.8. The third kappa shape index (κ3) is 5.37. The molecule has 0 saturated carbocycles. The maximum Gasteiger partial charge on any atom is 0.254 e. The number of hydrogen-bond donors (Lipinski definition) is 0. The van der Waals surface area contributed by atoms with Gasteiger partial charge in [-0.2, -0.15) is 0 Å². The molecule has 0 spiro atoms. The summed E-state index contributed by atoms with van der Waals surface area (Å²) in [4.78, 5) is 24.7. The minimum absolute atomic E-state index is 0.146. The second-order valence-electron chi connectivity index (χ2n) is 8.73. The molecule has 2 saturated heterocycles. The second kappa shape index (κ2) is 10.1. The van der Waals surface area contributed by atoms with Crippen LogP contribution < -0.4 is 9.64 Å². The summed E-state index contributed by atoms with van der Waals surface area (Å²) >= 11 is 0. The lowest BCUT2D eigenvalue weighted by Gasteiger charge is -2.36. The van der Waals surface area contributed by atoms with Crippen molar-refractivity contribution < 1.29 is 9.53 Å². The normalized spacial score (nSPS) is 20.0. The number of carbonyl (C=O) groups is 1. The van der Waals surface area contributed by atoms with Crippen LogP contribution in [0.4, 0.5) is 5.82 Å². The van der Waals surface area contributed by atoms with E-state index in [9.17, 15) is 4.79 Å². The highest BCUT2D eigenvalue weighted by Gasteiger charge is 2.28. The van der Waals surface area contributed by atoms with Crippen molar-refractivity contribution in [3.05, 3.63) is 53.7 Å². The summed E-state index contributed by atoms with van der Waals surface area (Å²) in [6.45, 7) is 4.80. The van der Waals surface area contributed by atoms with Crippen LogP contribution >= 0.6 is 0 Å². The van der Waals surface area contributed by atoms with Crippen LogP contribution in [-0.4, -0.2) is 73.6 Å². The van der Waals surface area contributed by atoms with Gasteiger partial charge in [0.2, 0.25) is 0 Å². The number of pyridine rings is 1. The zero-order valence-corrected chi connectivity index (χ0v) is 18.8. The lowest BCUT2D eigenvalue weighted by Crippen LogP contribution is -2.45. The number of hydrogen-bond acceptors (Lipinski definition) is 5. The molecule has 1 atom stereocenters. The monoisotopic (exact) mass is 422 g/mol. The number of benzene rings is 1. The smallest absolute Gasteiger partial charge is 0.254 e. The number of ether oxygens (including phenoxy) is 1. The number of nitrogens with zero attached hydrogens (tertiary/aromatic N) is 4. The summed E-state index contributed by atoms with van der Waals surface area (Å²) in [6, 6.07) is 12.4. The van der Waals surface area contributed by atoms with Crippen LogP contribution in [0.5, 0.6) is 5.75 Å². The van der Waals surface area contributed by atoms with Crippen molar-refractivity contribution >= 4 is 11.7 Å². The van der Waals surface area contributed by atoms with Crippen LogP contribution in [0.25, 0.3) is 0 Å². The minimum Gasteiger partial charge on any atom is -0.497 e. The molecule has 2 aromatic rings. The molecule has 31 heavy (non-hydrogen) atoms. The molecule has 2 aliphatic rings. The summed E-state index contributed by atoms with van der Waals surface area (Å²) in [5, 5.41) is 0. The molecule has 0 aliphatic carbocycles. The summed E-state index contributed by atoms with van der Waals surface area (Å²) in [5.41, 5.74) is 2.02. The lowest BCUT2D eigenvalue weighted by atomic mass is 9.95.